The van der Waals surface area contributed by atoms with Crippen molar-refractivity contribution in [1.82, 2.24) is 25.5 Å². The second-order valence-electron chi connectivity index (χ2n) is 8.86. The van der Waals surface area contributed by atoms with Gasteiger partial charge < -0.3 is 26.0 Å². The quantitative estimate of drug-likeness (QED) is 0.412. The highest BCUT2D eigenvalue weighted by Crippen LogP contribution is 2.39. The Morgan fingerprint density at radius 1 is 1.20 bits per heavy atom. The van der Waals surface area contributed by atoms with Gasteiger partial charge in [0, 0.05) is 42.8 Å². The highest BCUT2D eigenvalue weighted by atomic mass is 32.1. The molecule has 2 aliphatic heterocycles. The fraction of sp³-hybridized carbons (Fsp3) is 0.333. The number of allylic oxidation sites excluding steroid dienone is 1. The molecule has 1 saturated heterocycles. The third-order valence-electron chi connectivity index (χ3n) is 6.30. The number of benzene rings is 1. The van der Waals surface area contributed by atoms with Crippen LogP contribution in [0.1, 0.15) is 30.5 Å². The molecule has 0 amide bonds. The van der Waals surface area contributed by atoms with E-state index in [0.717, 1.165) is 46.5 Å². The standard InChI is InChI=1S/C27H32N6OS/c1-2-24-32-25(20-8-4-3-5-9-20)26(35-24)34-22-11-13-30-23(18-22)27(28)12-10-21(19-31-27)29-14-17-33-15-6-7-16-33/h3-5,8-13,18-19,29,31H,2,6-7,14-17,28H2,1H3. The first-order valence-electron chi connectivity index (χ1n) is 12.2. The monoisotopic (exact) mass is 488 g/mol. The molecule has 1 aromatic carbocycles. The minimum atomic E-state index is -0.913. The molecular weight excluding hydrogens is 456 g/mol. The Kier molecular flexibility index (Phi) is 7.13. The van der Waals surface area contributed by atoms with Crippen molar-refractivity contribution in [3.8, 4) is 22.1 Å². The lowest BCUT2D eigenvalue weighted by Gasteiger charge is -2.30. The summed E-state index contributed by atoms with van der Waals surface area (Å²) in [5.74, 6) is 0.678. The van der Waals surface area contributed by atoms with Crippen LogP contribution < -0.4 is 21.1 Å². The topological polar surface area (TPSA) is 88.3 Å². The zero-order valence-corrected chi connectivity index (χ0v) is 20.9. The summed E-state index contributed by atoms with van der Waals surface area (Å²) in [5, 5.41) is 8.59. The fourth-order valence-electron chi connectivity index (χ4n) is 4.30. The van der Waals surface area contributed by atoms with E-state index in [1.807, 2.05) is 60.8 Å². The number of aromatic nitrogens is 2. The van der Waals surface area contributed by atoms with Crippen LogP contribution in [0.25, 0.3) is 11.3 Å². The Labute approximate surface area is 210 Å². The predicted octanol–water partition coefficient (Wildman–Crippen LogP) is 4.36. The number of rotatable bonds is 9. The molecule has 1 fully saturated rings. The zero-order valence-electron chi connectivity index (χ0n) is 20.0. The number of pyridine rings is 1. The van der Waals surface area contributed by atoms with Gasteiger partial charge >= 0.3 is 0 Å². The van der Waals surface area contributed by atoms with Gasteiger partial charge in [-0.2, -0.15) is 0 Å². The van der Waals surface area contributed by atoms with Gasteiger partial charge in [-0.3, -0.25) is 4.98 Å². The van der Waals surface area contributed by atoms with E-state index in [-0.39, 0.29) is 0 Å². The van der Waals surface area contributed by atoms with Gasteiger partial charge in [-0.15, -0.1) is 0 Å². The van der Waals surface area contributed by atoms with Crippen molar-refractivity contribution in [2.75, 3.05) is 26.2 Å². The van der Waals surface area contributed by atoms with Gasteiger partial charge in [0.05, 0.1) is 10.7 Å². The molecule has 4 N–H and O–H groups in total. The van der Waals surface area contributed by atoms with E-state index in [0.29, 0.717) is 11.4 Å². The third-order valence-corrected chi connectivity index (χ3v) is 7.38. The Morgan fingerprint density at radius 3 is 2.77 bits per heavy atom. The summed E-state index contributed by atoms with van der Waals surface area (Å²) in [6.45, 7) is 6.49. The number of likely N-dealkylation sites (tertiary alicyclic amines) is 1. The molecule has 0 aliphatic carbocycles. The molecule has 0 radical (unpaired) electrons. The highest BCUT2D eigenvalue weighted by Gasteiger charge is 2.27. The second kappa shape index (κ2) is 10.6. The number of ether oxygens (including phenoxy) is 1. The van der Waals surface area contributed by atoms with E-state index in [1.165, 1.54) is 25.9 Å². The molecule has 0 spiro atoms. The largest absolute Gasteiger partial charge is 0.444 e. The molecule has 4 heterocycles. The molecule has 0 bridgehead atoms. The van der Waals surface area contributed by atoms with Crippen LogP contribution in [-0.2, 0) is 12.1 Å². The summed E-state index contributed by atoms with van der Waals surface area (Å²) >= 11 is 1.57. The molecule has 35 heavy (non-hydrogen) atoms. The van der Waals surface area contributed by atoms with Gasteiger partial charge in [-0.25, -0.2) is 4.98 Å². The fourth-order valence-corrected chi connectivity index (χ4v) is 5.20. The molecule has 2 aromatic heterocycles. The predicted molar refractivity (Wildman–Crippen MR) is 141 cm³/mol. The van der Waals surface area contributed by atoms with Crippen LogP contribution in [0.4, 0.5) is 0 Å². The van der Waals surface area contributed by atoms with Crippen molar-refractivity contribution in [2.45, 2.75) is 31.8 Å². The minimum Gasteiger partial charge on any atom is -0.444 e. The SMILES string of the molecule is CCc1nc(-c2ccccc2)c(Oc2ccnc(C3(N)C=CC(NCCN4CCCC4)=CN3)c2)s1. The minimum absolute atomic E-state index is 0.678. The number of hydrogen-bond acceptors (Lipinski definition) is 8. The normalized spacial score (nSPS) is 19.9. The van der Waals surface area contributed by atoms with Crippen LogP contribution in [0, 0.1) is 0 Å². The number of aryl methyl sites for hydroxylation is 1. The first-order chi connectivity index (χ1) is 17.1. The summed E-state index contributed by atoms with van der Waals surface area (Å²) < 4.78 is 6.32. The zero-order chi connectivity index (χ0) is 24.1. The summed E-state index contributed by atoms with van der Waals surface area (Å²) in [6.07, 6.45) is 11.1. The molecular formula is C27H32N6OS. The van der Waals surface area contributed by atoms with Gasteiger partial charge in [0.2, 0.25) is 5.06 Å². The molecule has 182 valence electrons. The maximum absolute atomic E-state index is 6.67. The van der Waals surface area contributed by atoms with E-state index in [2.05, 4.69) is 27.4 Å². The lowest BCUT2D eigenvalue weighted by Crippen LogP contribution is -2.49. The summed E-state index contributed by atoms with van der Waals surface area (Å²) in [7, 11) is 0. The third kappa shape index (κ3) is 5.56. The average Bonchev–Trinajstić information content (AvgIpc) is 3.56. The van der Waals surface area contributed by atoms with E-state index >= 15 is 0 Å². The maximum Gasteiger partial charge on any atom is 0.208 e. The number of hydrogen-bond donors (Lipinski definition) is 3. The van der Waals surface area contributed by atoms with E-state index in [1.54, 1.807) is 17.5 Å². The van der Waals surface area contributed by atoms with Gasteiger partial charge in [0.25, 0.3) is 0 Å². The van der Waals surface area contributed by atoms with E-state index < -0.39 is 5.66 Å². The van der Waals surface area contributed by atoms with Crippen molar-refractivity contribution in [1.29, 1.82) is 0 Å². The van der Waals surface area contributed by atoms with Crippen molar-refractivity contribution < 1.29 is 4.74 Å². The molecule has 1 unspecified atom stereocenters. The van der Waals surface area contributed by atoms with Crippen molar-refractivity contribution >= 4 is 11.3 Å². The Hall–Kier alpha value is -3.20. The van der Waals surface area contributed by atoms with Crippen LogP contribution >= 0.6 is 11.3 Å². The number of nitrogens with zero attached hydrogens (tertiary/aromatic N) is 3. The van der Waals surface area contributed by atoms with Crippen molar-refractivity contribution in [3.63, 3.8) is 0 Å². The number of dihydropyridines is 1. The van der Waals surface area contributed by atoms with Crippen LogP contribution in [0.2, 0.25) is 0 Å². The Bertz CT molecular complexity index is 1200. The van der Waals surface area contributed by atoms with Gasteiger partial charge in [-0.1, -0.05) is 48.6 Å². The Morgan fingerprint density at radius 2 is 2.03 bits per heavy atom. The van der Waals surface area contributed by atoms with E-state index in [9.17, 15) is 0 Å². The molecule has 7 nitrogen and oxygen atoms in total. The molecule has 5 rings (SSSR count). The number of nitrogens with one attached hydrogen (secondary N) is 2. The van der Waals surface area contributed by atoms with Crippen molar-refractivity contribution in [3.05, 3.63) is 83.4 Å². The van der Waals surface area contributed by atoms with Crippen LogP contribution in [0.15, 0.2) is 72.7 Å². The molecule has 0 saturated carbocycles. The lowest BCUT2D eigenvalue weighted by molar-refractivity contribution is 0.340. The van der Waals surface area contributed by atoms with Gasteiger partial charge in [0.15, 0.2) is 0 Å². The smallest absolute Gasteiger partial charge is 0.208 e. The number of nitrogens with two attached hydrogens (primary N) is 1. The molecule has 2 aliphatic rings. The first-order valence-corrected chi connectivity index (χ1v) is 13.1. The summed E-state index contributed by atoms with van der Waals surface area (Å²) in [4.78, 5) is 11.8. The molecule has 3 aromatic rings. The van der Waals surface area contributed by atoms with E-state index in [4.69, 9.17) is 15.5 Å². The summed E-state index contributed by atoms with van der Waals surface area (Å²) in [6, 6.07) is 13.9. The van der Waals surface area contributed by atoms with Crippen molar-refractivity contribution in [2.24, 2.45) is 5.73 Å². The lowest BCUT2D eigenvalue weighted by atomic mass is 10.0. The van der Waals surface area contributed by atoms with Crippen LogP contribution in [-0.4, -0.2) is 41.0 Å². The van der Waals surface area contributed by atoms with Gasteiger partial charge in [-0.05, 0) is 50.6 Å². The highest BCUT2D eigenvalue weighted by molar-refractivity contribution is 7.14. The average molecular weight is 489 g/mol. The molecule has 8 heteroatoms. The maximum atomic E-state index is 6.67. The van der Waals surface area contributed by atoms with Crippen LogP contribution in [0.3, 0.4) is 0 Å². The number of thiazole rings is 1. The first kappa shape index (κ1) is 23.5. The second-order valence-corrected chi connectivity index (χ2v) is 9.91. The molecule has 1 atom stereocenters. The Balaban J connectivity index is 1.27. The summed E-state index contributed by atoms with van der Waals surface area (Å²) in [5.41, 5.74) is 9.35. The van der Waals surface area contributed by atoms with Crippen LogP contribution in [0.5, 0.6) is 10.8 Å². The van der Waals surface area contributed by atoms with Gasteiger partial charge in [0.1, 0.15) is 17.1 Å².